The van der Waals surface area contributed by atoms with E-state index in [1.165, 1.54) is 67.4 Å². The summed E-state index contributed by atoms with van der Waals surface area (Å²) < 4.78 is 5.75. The molecule has 4 rings (SSSR count). The standard InChI is InChI=1S/C25H32N2O2/c28-25(19-29-24-13-12-20-8-2-3-9-21(20)16-24)26-17-22-10-4-5-11-23(22)18-27-14-6-1-7-15-27/h4-5,10-13,16H,1-3,6-9,14-15,17-19H2,(H,26,28). The number of fused-ring (bicyclic) bond motifs is 1. The van der Waals surface area contributed by atoms with E-state index in [4.69, 9.17) is 4.74 Å². The molecule has 1 heterocycles. The zero-order chi connectivity index (χ0) is 19.9. The molecule has 1 saturated heterocycles. The molecular weight excluding hydrogens is 360 g/mol. The van der Waals surface area contributed by atoms with Crippen molar-refractivity contribution in [3.05, 3.63) is 64.7 Å². The van der Waals surface area contributed by atoms with E-state index in [0.717, 1.165) is 25.1 Å². The SMILES string of the molecule is O=C(COc1ccc2c(c1)CCCC2)NCc1ccccc1CN1CCCCC1. The first-order chi connectivity index (χ1) is 14.3. The minimum absolute atomic E-state index is 0.0626. The maximum absolute atomic E-state index is 12.3. The van der Waals surface area contributed by atoms with Gasteiger partial charge in [0, 0.05) is 13.1 Å². The van der Waals surface area contributed by atoms with Gasteiger partial charge in [-0.2, -0.15) is 0 Å². The van der Waals surface area contributed by atoms with Crippen molar-refractivity contribution in [3.63, 3.8) is 0 Å². The van der Waals surface area contributed by atoms with Crippen LogP contribution in [-0.2, 0) is 30.7 Å². The van der Waals surface area contributed by atoms with Gasteiger partial charge in [-0.25, -0.2) is 0 Å². The maximum Gasteiger partial charge on any atom is 0.258 e. The molecule has 154 valence electrons. The molecule has 0 spiro atoms. The molecule has 0 bridgehead atoms. The van der Waals surface area contributed by atoms with Crippen LogP contribution < -0.4 is 10.1 Å². The van der Waals surface area contributed by atoms with E-state index in [2.05, 4.69) is 40.5 Å². The van der Waals surface area contributed by atoms with E-state index in [9.17, 15) is 4.79 Å². The number of likely N-dealkylation sites (tertiary alicyclic amines) is 1. The topological polar surface area (TPSA) is 41.6 Å². The predicted molar refractivity (Wildman–Crippen MR) is 116 cm³/mol. The number of nitrogens with one attached hydrogen (secondary N) is 1. The van der Waals surface area contributed by atoms with E-state index >= 15 is 0 Å². The summed E-state index contributed by atoms with van der Waals surface area (Å²) in [5.74, 6) is 0.724. The van der Waals surface area contributed by atoms with Crippen LogP contribution in [-0.4, -0.2) is 30.5 Å². The number of carbonyl (C=O) groups excluding carboxylic acids is 1. The lowest BCUT2D eigenvalue weighted by Crippen LogP contribution is -2.31. The Bertz CT molecular complexity index is 827. The summed E-state index contributed by atoms with van der Waals surface area (Å²) in [6.07, 6.45) is 8.72. The number of ether oxygens (including phenoxy) is 1. The summed E-state index contributed by atoms with van der Waals surface area (Å²) in [6.45, 7) is 3.94. The fourth-order valence-corrected chi connectivity index (χ4v) is 4.44. The van der Waals surface area contributed by atoms with Gasteiger partial charge in [0.15, 0.2) is 6.61 Å². The Labute approximate surface area is 174 Å². The van der Waals surface area contributed by atoms with Gasteiger partial charge >= 0.3 is 0 Å². The van der Waals surface area contributed by atoms with E-state index in [-0.39, 0.29) is 12.5 Å². The van der Waals surface area contributed by atoms with Gasteiger partial charge in [0.2, 0.25) is 0 Å². The van der Waals surface area contributed by atoms with E-state index in [1.807, 2.05) is 12.1 Å². The smallest absolute Gasteiger partial charge is 0.258 e. The minimum atomic E-state index is -0.0736. The second kappa shape index (κ2) is 9.93. The van der Waals surface area contributed by atoms with Gasteiger partial charge in [0.05, 0.1) is 0 Å². The van der Waals surface area contributed by atoms with Gasteiger partial charge in [0.1, 0.15) is 5.75 Å². The molecule has 0 aromatic heterocycles. The van der Waals surface area contributed by atoms with Crippen molar-refractivity contribution >= 4 is 5.91 Å². The van der Waals surface area contributed by atoms with E-state index in [0.29, 0.717) is 6.54 Å². The summed E-state index contributed by atoms with van der Waals surface area (Å²) in [5.41, 5.74) is 5.31. The molecule has 1 aliphatic carbocycles. The lowest BCUT2D eigenvalue weighted by atomic mass is 9.92. The van der Waals surface area contributed by atoms with Crippen molar-refractivity contribution in [3.8, 4) is 5.75 Å². The van der Waals surface area contributed by atoms with Gasteiger partial charge in [-0.3, -0.25) is 9.69 Å². The number of amides is 1. The molecule has 1 amide bonds. The van der Waals surface area contributed by atoms with Crippen LogP contribution in [0.4, 0.5) is 0 Å². The summed E-state index contributed by atoms with van der Waals surface area (Å²) in [4.78, 5) is 14.9. The molecule has 0 radical (unpaired) electrons. The summed E-state index contributed by atoms with van der Waals surface area (Å²) in [5, 5.41) is 3.03. The average Bonchev–Trinajstić information content (AvgIpc) is 2.77. The Morgan fingerprint density at radius 1 is 0.897 bits per heavy atom. The fourth-order valence-electron chi connectivity index (χ4n) is 4.44. The van der Waals surface area contributed by atoms with Crippen LogP contribution in [0, 0.1) is 0 Å². The number of aryl methyl sites for hydroxylation is 2. The van der Waals surface area contributed by atoms with Crippen LogP contribution in [0.2, 0.25) is 0 Å². The summed E-state index contributed by atoms with van der Waals surface area (Å²) >= 11 is 0. The third-order valence-electron chi connectivity index (χ3n) is 6.13. The van der Waals surface area contributed by atoms with Gasteiger partial charge in [-0.05, 0) is 86.0 Å². The number of benzene rings is 2. The Hall–Kier alpha value is -2.33. The van der Waals surface area contributed by atoms with Crippen LogP contribution >= 0.6 is 0 Å². The first-order valence-corrected chi connectivity index (χ1v) is 11.1. The highest BCUT2D eigenvalue weighted by atomic mass is 16.5. The quantitative estimate of drug-likeness (QED) is 0.766. The summed E-state index contributed by atoms with van der Waals surface area (Å²) in [6, 6.07) is 14.7. The van der Waals surface area contributed by atoms with Crippen LogP contribution in [0.5, 0.6) is 5.75 Å². The van der Waals surface area contributed by atoms with Gasteiger partial charge < -0.3 is 10.1 Å². The Morgan fingerprint density at radius 2 is 1.66 bits per heavy atom. The normalized spacial score (nSPS) is 16.8. The first-order valence-electron chi connectivity index (χ1n) is 11.1. The molecule has 0 saturated carbocycles. The number of hydrogen-bond acceptors (Lipinski definition) is 3. The molecule has 4 heteroatoms. The number of hydrogen-bond donors (Lipinski definition) is 1. The number of nitrogens with zero attached hydrogens (tertiary/aromatic N) is 1. The van der Waals surface area contributed by atoms with Crippen molar-refractivity contribution in [2.24, 2.45) is 0 Å². The molecular formula is C25H32N2O2. The van der Waals surface area contributed by atoms with Crippen molar-refractivity contribution in [2.75, 3.05) is 19.7 Å². The molecule has 0 atom stereocenters. The van der Waals surface area contributed by atoms with Crippen LogP contribution in [0.3, 0.4) is 0 Å². The fraction of sp³-hybridized carbons (Fsp3) is 0.480. The van der Waals surface area contributed by atoms with Crippen molar-refractivity contribution in [2.45, 2.75) is 58.0 Å². The van der Waals surface area contributed by atoms with Crippen LogP contribution in [0.1, 0.15) is 54.4 Å². The minimum Gasteiger partial charge on any atom is -0.484 e. The van der Waals surface area contributed by atoms with Crippen LogP contribution in [0.25, 0.3) is 0 Å². The molecule has 2 aliphatic rings. The number of rotatable bonds is 7. The molecule has 2 aromatic rings. The second-order valence-electron chi connectivity index (χ2n) is 8.31. The first kappa shape index (κ1) is 20.0. The molecule has 4 nitrogen and oxygen atoms in total. The molecule has 0 unspecified atom stereocenters. The van der Waals surface area contributed by atoms with E-state index < -0.39 is 0 Å². The summed E-state index contributed by atoms with van der Waals surface area (Å²) in [7, 11) is 0. The highest BCUT2D eigenvalue weighted by Crippen LogP contribution is 2.25. The van der Waals surface area contributed by atoms with Gasteiger partial charge in [-0.15, -0.1) is 0 Å². The zero-order valence-electron chi connectivity index (χ0n) is 17.3. The third-order valence-corrected chi connectivity index (χ3v) is 6.13. The molecule has 29 heavy (non-hydrogen) atoms. The predicted octanol–water partition coefficient (Wildman–Crippen LogP) is 4.25. The van der Waals surface area contributed by atoms with Crippen molar-refractivity contribution < 1.29 is 9.53 Å². The third kappa shape index (κ3) is 5.60. The lowest BCUT2D eigenvalue weighted by Gasteiger charge is -2.27. The van der Waals surface area contributed by atoms with Gasteiger partial charge in [-0.1, -0.05) is 36.8 Å². The number of piperidine rings is 1. The monoisotopic (exact) mass is 392 g/mol. The Balaban J connectivity index is 1.27. The average molecular weight is 393 g/mol. The molecule has 2 aromatic carbocycles. The largest absolute Gasteiger partial charge is 0.484 e. The van der Waals surface area contributed by atoms with Crippen molar-refractivity contribution in [1.29, 1.82) is 0 Å². The maximum atomic E-state index is 12.3. The molecule has 1 N–H and O–H groups in total. The Kier molecular flexibility index (Phi) is 6.83. The van der Waals surface area contributed by atoms with Crippen molar-refractivity contribution in [1.82, 2.24) is 10.2 Å². The highest BCUT2D eigenvalue weighted by molar-refractivity contribution is 5.77. The molecule has 1 aliphatic heterocycles. The van der Waals surface area contributed by atoms with E-state index in [1.54, 1.807) is 0 Å². The number of carbonyl (C=O) groups is 1. The second-order valence-corrected chi connectivity index (χ2v) is 8.31. The Morgan fingerprint density at radius 3 is 2.48 bits per heavy atom. The lowest BCUT2D eigenvalue weighted by molar-refractivity contribution is -0.123. The highest BCUT2D eigenvalue weighted by Gasteiger charge is 2.13. The molecule has 1 fully saturated rings. The van der Waals surface area contributed by atoms with Gasteiger partial charge in [0.25, 0.3) is 5.91 Å². The zero-order valence-corrected chi connectivity index (χ0v) is 17.3. The van der Waals surface area contributed by atoms with Crippen LogP contribution in [0.15, 0.2) is 42.5 Å².